The number of amides is 3. The van der Waals surface area contributed by atoms with Gasteiger partial charge in [0.15, 0.2) is 11.6 Å². The molecule has 178 valence electrons. The molecule has 0 radical (unpaired) electrons. The number of aliphatic hydroxyl groups is 1. The lowest BCUT2D eigenvalue weighted by Gasteiger charge is -2.24. The summed E-state index contributed by atoms with van der Waals surface area (Å²) in [6.45, 7) is 5.31. The van der Waals surface area contributed by atoms with Crippen molar-refractivity contribution in [3.8, 4) is 0 Å². The largest absolute Gasteiger partial charge is 0.392 e. The van der Waals surface area contributed by atoms with E-state index < -0.39 is 41.6 Å². The van der Waals surface area contributed by atoms with Crippen LogP contribution in [0.3, 0.4) is 0 Å². The number of likely N-dealkylation sites (tertiary alicyclic amines) is 1. The Morgan fingerprint density at radius 1 is 1.21 bits per heavy atom. The molecule has 2 aromatic rings. The van der Waals surface area contributed by atoms with Gasteiger partial charge in [0, 0.05) is 54.6 Å². The molecule has 4 atom stereocenters. The van der Waals surface area contributed by atoms with Gasteiger partial charge in [0.2, 0.25) is 5.91 Å². The third-order valence-electron chi connectivity index (χ3n) is 6.47. The number of hydrogen-bond donors (Lipinski definition) is 4. The summed E-state index contributed by atoms with van der Waals surface area (Å²) in [6, 6.07) is 1.86. The lowest BCUT2D eigenvalue weighted by Crippen LogP contribution is -2.41. The summed E-state index contributed by atoms with van der Waals surface area (Å²) in [5.74, 6) is -2.54. The van der Waals surface area contributed by atoms with Crippen molar-refractivity contribution in [2.24, 2.45) is 5.92 Å². The molecule has 4 N–H and O–H groups in total. The average Bonchev–Trinajstić information content (AvgIpc) is 3.51. The Labute approximate surface area is 190 Å². The fourth-order valence-corrected chi connectivity index (χ4v) is 4.74. The number of carbonyl (C=O) groups is 2. The molecule has 1 aromatic carbocycles. The Morgan fingerprint density at radius 2 is 1.94 bits per heavy atom. The highest BCUT2D eigenvalue weighted by Crippen LogP contribution is 2.40. The average molecular weight is 462 g/mol. The number of anilines is 1. The second kappa shape index (κ2) is 9.46. The van der Waals surface area contributed by atoms with Crippen molar-refractivity contribution in [3.63, 3.8) is 0 Å². The van der Waals surface area contributed by atoms with Gasteiger partial charge < -0.3 is 25.6 Å². The number of urea groups is 1. The van der Waals surface area contributed by atoms with E-state index in [0.717, 1.165) is 30.8 Å². The molecular weight excluding hydrogens is 432 g/mol. The second-order valence-electron chi connectivity index (χ2n) is 9.10. The van der Waals surface area contributed by atoms with E-state index in [1.807, 2.05) is 13.8 Å². The molecule has 1 aliphatic heterocycles. The molecule has 1 saturated carbocycles. The van der Waals surface area contributed by atoms with Crippen molar-refractivity contribution < 1.29 is 23.5 Å². The SMILES string of the molecule is CC(C)c1ncc([C@@H]2[C@H](O)[C@@H](C(=O)N3CCCC3)C[C@H]2NC(=O)Nc2ccc(F)c(F)c2)[nH]1. The zero-order valence-corrected chi connectivity index (χ0v) is 18.6. The molecule has 0 unspecified atom stereocenters. The molecule has 2 fully saturated rings. The van der Waals surface area contributed by atoms with Gasteiger partial charge >= 0.3 is 6.03 Å². The molecule has 1 aromatic heterocycles. The molecule has 1 aliphatic carbocycles. The fraction of sp³-hybridized carbons (Fsp3) is 0.522. The van der Waals surface area contributed by atoms with E-state index in [1.54, 1.807) is 11.1 Å². The van der Waals surface area contributed by atoms with E-state index in [2.05, 4.69) is 20.6 Å². The van der Waals surface area contributed by atoms with Crippen LogP contribution in [0.25, 0.3) is 0 Å². The van der Waals surface area contributed by atoms with Crippen molar-refractivity contribution in [3.05, 3.63) is 47.5 Å². The van der Waals surface area contributed by atoms with Crippen molar-refractivity contribution in [2.45, 2.75) is 57.1 Å². The predicted molar refractivity (Wildman–Crippen MR) is 118 cm³/mol. The number of nitrogens with one attached hydrogen (secondary N) is 3. The Morgan fingerprint density at radius 3 is 2.58 bits per heavy atom. The Bertz CT molecular complexity index is 1020. The zero-order chi connectivity index (χ0) is 23.7. The highest BCUT2D eigenvalue weighted by molar-refractivity contribution is 5.89. The lowest BCUT2D eigenvalue weighted by atomic mass is 9.96. The maximum atomic E-state index is 13.5. The van der Waals surface area contributed by atoms with Crippen molar-refractivity contribution in [2.75, 3.05) is 18.4 Å². The van der Waals surface area contributed by atoms with Gasteiger partial charge in [-0.3, -0.25) is 4.79 Å². The minimum atomic E-state index is -1.07. The van der Waals surface area contributed by atoms with E-state index in [0.29, 0.717) is 18.8 Å². The van der Waals surface area contributed by atoms with E-state index in [4.69, 9.17) is 0 Å². The molecule has 0 bridgehead atoms. The van der Waals surface area contributed by atoms with Crippen LogP contribution in [0.2, 0.25) is 0 Å². The minimum Gasteiger partial charge on any atom is -0.392 e. The summed E-state index contributed by atoms with van der Waals surface area (Å²) in [5, 5.41) is 16.5. The van der Waals surface area contributed by atoms with Crippen LogP contribution in [-0.2, 0) is 4.79 Å². The Kier molecular flexibility index (Phi) is 6.64. The molecule has 1 saturated heterocycles. The molecule has 4 rings (SSSR count). The molecule has 3 amide bonds. The number of rotatable bonds is 5. The minimum absolute atomic E-state index is 0.0924. The van der Waals surface area contributed by atoms with Crippen molar-refractivity contribution in [1.82, 2.24) is 20.2 Å². The first-order valence-electron chi connectivity index (χ1n) is 11.3. The summed E-state index contributed by atoms with van der Waals surface area (Å²) in [7, 11) is 0. The summed E-state index contributed by atoms with van der Waals surface area (Å²) < 4.78 is 26.7. The highest BCUT2D eigenvalue weighted by Gasteiger charge is 2.49. The molecule has 2 heterocycles. The first-order valence-corrected chi connectivity index (χ1v) is 11.3. The van der Waals surface area contributed by atoms with Crippen LogP contribution in [-0.4, -0.2) is 57.1 Å². The van der Waals surface area contributed by atoms with Crippen LogP contribution in [0, 0.1) is 17.6 Å². The number of aromatic nitrogens is 2. The van der Waals surface area contributed by atoms with Crippen molar-refractivity contribution in [1.29, 1.82) is 0 Å². The summed E-state index contributed by atoms with van der Waals surface area (Å²) in [4.78, 5) is 35.1. The fourth-order valence-electron chi connectivity index (χ4n) is 4.74. The number of halogens is 2. The van der Waals surface area contributed by atoms with Gasteiger partial charge in [-0.05, 0) is 31.4 Å². The van der Waals surface area contributed by atoms with E-state index in [1.165, 1.54) is 6.07 Å². The monoisotopic (exact) mass is 461 g/mol. The van der Waals surface area contributed by atoms with Gasteiger partial charge in [-0.25, -0.2) is 18.6 Å². The Balaban J connectivity index is 1.54. The molecule has 33 heavy (non-hydrogen) atoms. The third kappa shape index (κ3) is 4.85. The van der Waals surface area contributed by atoms with E-state index in [-0.39, 0.29) is 23.9 Å². The standard InChI is InChI=1S/C23H29F2N5O3/c1-12(2)21-26-11-18(28-21)19-17(10-14(20(19)31)22(32)30-7-3-4-8-30)29-23(33)27-13-5-6-15(24)16(25)9-13/h5-6,9,11-12,14,17,19-20,31H,3-4,7-8,10H2,1-2H3,(H,26,28)(H2,27,29,33)/t14-,17+,19+,20+/m0/s1. The van der Waals surface area contributed by atoms with Crippen LogP contribution in [0.4, 0.5) is 19.3 Å². The Hall–Kier alpha value is -3.01. The summed E-state index contributed by atoms with van der Waals surface area (Å²) in [6.07, 6.45) is 2.76. The second-order valence-corrected chi connectivity index (χ2v) is 9.10. The van der Waals surface area contributed by atoms with Gasteiger partial charge in [0.1, 0.15) is 5.82 Å². The normalized spacial score (nSPS) is 25.0. The van der Waals surface area contributed by atoms with Gasteiger partial charge in [-0.15, -0.1) is 0 Å². The lowest BCUT2D eigenvalue weighted by molar-refractivity contribution is -0.137. The number of hydrogen-bond acceptors (Lipinski definition) is 4. The number of aromatic amines is 1. The first-order chi connectivity index (χ1) is 15.7. The topological polar surface area (TPSA) is 110 Å². The molecule has 2 aliphatic rings. The number of H-pyrrole nitrogens is 1. The molecule has 0 spiro atoms. The third-order valence-corrected chi connectivity index (χ3v) is 6.47. The summed E-state index contributed by atoms with van der Waals surface area (Å²) in [5.41, 5.74) is 0.732. The first kappa shape index (κ1) is 23.2. The van der Waals surface area contributed by atoms with Crippen LogP contribution >= 0.6 is 0 Å². The quantitative estimate of drug-likeness (QED) is 0.548. The zero-order valence-electron chi connectivity index (χ0n) is 18.6. The smallest absolute Gasteiger partial charge is 0.319 e. The van der Waals surface area contributed by atoms with E-state index >= 15 is 0 Å². The van der Waals surface area contributed by atoms with Gasteiger partial charge in [0.25, 0.3) is 0 Å². The van der Waals surface area contributed by atoms with Crippen LogP contribution in [0.15, 0.2) is 24.4 Å². The number of carbonyl (C=O) groups excluding carboxylic acids is 2. The number of benzene rings is 1. The maximum absolute atomic E-state index is 13.5. The molecular formula is C23H29F2N5O3. The summed E-state index contributed by atoms with van der Waals surface area (Å²) >= 11 is 0. The number of nitrogens with zero attached hydrogens (tertiary/aromatic N) is 2. The maximum Gasteiger partial charge on any atom is 0.319 e. The van der Waals surface area contributed by atoms with Crippen molar-refractivity contribution >= 4 is 17.6 Å². The van der Waals surface area contributed by atoms with Gasteiger partial charge in [0.05, 0.1) is 12.0 Å². The predicted octanol–water partition coefficient (Wildman–Crippen LogP) is 3.09. The molecule has 8 nitrogen and oxygen atoms in total. The van der Waals surface area contributed by atoms with Gasteiger partial charge in [-0.2, -0.15) is 0 Å². The van der Waals surface area contributed by atoms with Crippen LogP contribution < -0.4 is 10.6 Å². The molecule has 10 heteroatoms. The number of aliphatic hydroxyl groups excluding tert-OH is 1. The number of imidazole rings is 1. The highest BCUT2D eigenvalue weighted by atomic mass is 19.2. The van der Waals surface area contributed by atoms with E-state index in [9.17, 15) is 23.5 Å². The van der Waals surface area contributed by atoms with Crippen LogP contribution in [0.1, 0.15) is 56.5 Å². The van der Waals surface area contributed by atoms with Gasteiger partial charge in [-0.1, -0.05) is 13.8 Å². The van der Waals surface area contributed by atoms with Crippen LogP contribution in [0.5, 0.6) is 0 Å².